The molecule has 2 N–H and O–H groups in total. The summed E-state index contributed by atoms with van der Waals surface area (Å²) in [5, 5.41) is 12.6. The number of hydrogen-bond acceptors (Lipinski definition) is 5. The van der Waals surface area contributed by atoms with Crippen LogP contribution in [0.25, 0.3) is 0 Å². The normalized spacial score (nSPS) is 21.0. The molecule has 3 atom stereocenters. The molecule has 3 aliphatic rings. The van der Waals surface area contributed by atoms with Crippen LogP contribution < -0.4 is 5.32 Å². The zero-order chi connectivity index (χ0) is 27.7. The number of benzene rings is 2. The van der Waals surface area contributed by atoms with Crippen molar-refractivity contribution in [2.45, 2.75) is 50.7 Å². The Morgan fingerprint density at radius 1 is 1.10 bits per heavy atom. The number of nitrogens with one attached hydrogen (secondary N) is 1. The molecule has 39 heavy (non-hydrogen) atoms. The van der Waals surface area contributed by atoms with Gasteiger partial charge in [0.1, 0.15) is 17.8 Å². The first-order valence-corrected chi connectivity index (χ1v) is 13.9. The van der Waals surface area contributed by atoms with Crippen molar-refractivity contribution in [3.05, 3.63) is 87.4 Å². The lowest BCUT2D eigenvalue weighted by atomic mass is 10.0. The number of Topliss-reactive ketones (excluding diaryl/α,β-unsaturated/α-hetero) is 1. The number of amides is 3. The van der Waals surface area contributed by atoms with Crippen LogP contribution in [0.4, 0.5) is 0 Å². The lowest BCUT2D eigenvalue weighted by Gasteiger charge is -2.28. The van der Waals surface area contributed by atoms with E-state index in [1.54, 1.807) is 35.2 Å². The molecule has 2 fully saturated rings. The summed E-state index contributed by atoms with van der Waals surface area (Å²) in [5.41, 5.74) is 2.71. The van der Waals surface area contributed by atoms with Gasteiger partial charge < -0.3 is 20.2 Å². The van der Waals surface area contributed by atoms with Crippen LogP contribution in [0.2, 0.25) is 0 Å². The second-order valence-corrected chi connectivity index (χ2v) is 11.1. The number of halogens is 1. The number of phenols is 1. The van der Waals surface area contributed by atoms with Gasteiger partial charge >= 0.3 is 0 Å². The second-order valence-electron chi connectivity index (χ2n) is 10.2. The predicted octanol–water partition coefficient (Wildman–Crippen LogP) is 3.46. The fraction of sp³-hybridized carbons (Fsp3) is 0.333. The Kier molecular flexibility index (Phi) is 7.70. The summed E-state index contributed by atoms with van der Waals surface area (Å²) in [6, 6.07) is 9.61. The third-order valence-corrected chi connectivity index (χ3v) is 8.48. The van der Waals surface area contributed by atoms with Gasteiger partial charge in [-0.15, -0.1) is 0 Å². The monoisotopic (exact) mass is 591 g/mol. The molecule has 0 saturated carbocycles. The van der Waals surface area contributed by atoms with Crippen molar-refractivity contribution in [3.8, 4) is 5.75 Å². The highest BCUT2D eigenvalue weighted by molar-refractivity contribution is 9.10. The summed E-state index contributed by atoms with van der Waals surface area (Å²) in [7, 11) is 0. The van der Waals surface area contributed by atoms with Crippen LogP contribution in [0.1, 0.15) is 40.7 Å². The number of ketones is 1. The van der Waals surface area contributed by atoms with Crippen LogP contribution in [0.5, 0.6) is 5.75 Å². The number of carbonyl (C=O) groups excluding carboxylic acids is 4. The van der Waals surface area contributed by atoms with Gasteiger partial charge in [-0.05, 0) is 61.6 Å². The van der Waals surface area contributed by atoms with Crippen molar-refractivity contribution < 1.29 is 24.3 Å². The number of aryl methyl sites for hydroxylation is 1. The van der Waals surface area contributed by atoms with Gasteiger partial charge in [0.25, 0.3) is 11.8 Å². The fourth-order valence-electron chi connectivity index (χ4n) is 5.52. The van der Waals surface area contributed by atoms with Crippen molar-refractivity contribution in [2.75, 3.05) is 13.1 Å². The maximum atomic E-state index is 13.9. The molecule has 0 spiro atoms. The maximum Gasteiger partial charge on any atom is 0.254 e. The Labute approximate surface area is 235 Å². The minimum atomic E-state index is -0.942. The number of phenolic OH excluding ortho intramolecular Hbond substituents is 1. The maximum absolute atomic E-state index is 13.9. The number of fused-ring (bicyclic) bond motifs is 1. The lowest BCUT2D eigenvalue weighted by molar-refractivity contribution is -0.138. The Hall–Kier alpha value is -3.72. The number of likely N-dealkylation sites (tertiary alicyclic amines) is 2. The number of rotatable bonds is 6. The van der Waals surface area contributed by atoms with Gasteiger partial charge in [0, 0.05) is 28.6 Å². The lowest BCUT2D eigenvalue weighted by Crippen LogP contribution is -2.53. The van der Waals surface area contributed by atoms with Gasteiger partial charge in [0.2, 0.25) is 5.91 Å². The molecule has 0 bridgehead atoms. The first kappa shape index (κ1) is 26.9. The Morgan fingerprint density at radius 2 is 1.87 bits per heavy atom. The van der Waals surface area contributed by atoms with E-state index in [1.807, 2.05) is 25.1 Å². The van der Waals surface area contributed by atoms with Gasteiger partial charge in [0.05, 0.1) is 12.6 Å². The van der Waals surface area contributed by atoms with Gasteiger partial charge in [0.15, 0.2) is 5.78 Å². The second kappa shape index (κ2) is 11.2. The standard InChI is InChI=1S/C30H30BrN3O5/c1-18-7-10-21(16-23(18)31)28(37)32-24(15-19-8-11-22(35)12-9-19)30(39)33-14-13-25-27(33)26(36)17-34(25)29(38)20-5-3-2-4-6-20/h3,5-12,16,24-25,27,35H,2,4,13-15,17H2,1H3,(H,32,37)/t24-,25+,27-/m0/s1. The van der Waals surface area contributed by atoms with Crippen molar-refractivity contribution in [2.24, 2.45) is 0 Å². The summed E-state index contributed by atoms with van der Waals surface area (Å²) in [6.45, 7) is 2.20. The highest BCUT2D eigenvalue weighted by Gasteiger charge is 2.52. The minimum Gasteiger partial charge on any atom is -0.508 e. The molecule has 202 valence electrons. The molecule has 2 saturated heterocycles. The largest absolute Gasteiger partial charge is 0.508 e. The molecular weight excluding hydrogens is 562 g/mol. The average Bonchev–Trinajstić information content (AvgIpc) is 3.52. The fourth-order valence-corrected chi connectivity index (χ4v) is 5.90. The van der Waals surface area contributed by atoms with Crippen LogP contribution in [0.15, 0.2) is 70.7 Å². The van der Waals surface area contributed by atoms with Crippen molar-refractivity contribution in [3.63, 3.8) is 0 Å². The molecular formula is C30H30BrN3O5. The van der Waals surface area contributed by atoms with Gasteiger partial charge in [-0.25, -0.2) is 0 Å². The Morgan fingerprint density at radius 3 is 2.56 bits per heavy atom. The van der Waals surface area contributed by atoms with E-state index < -0.39 is 18.0 Å². The smallest absolute Gasteiger partial charge is 0.254 e. The van der Waals surface area contributed by atoms with Crippen molar-refractivity contribution in [1.29, 1.82) is 0 Å². The van der Waals surface area contributed by atoms with Gasteiger partial charge in [-0.1, -0.05) is 52.4 Å². The van der Waals surface area contributed by atoms with Crippen LogP contribution in [0, 0.1) is 6.92 Å². The van der Waals surface area contributed by atoms with E-state index >= 15 is 0 Å². The molecule has 9 heteroatoms. The van der Waals surface area contributed by atoms with E-state index in [0.29, 0.717) is 24.1 Å². The van der Waals surface area contributed by atoms with E-state index in [4.69, 9.17) is 0 Å². The molecule has 8 nitrogen and oxygen atoms in total. The molecule has 0 radical (unpaired) electrons. The third-order valence-electron chi connectivity index (χ3n) is 7.62. The van der Waals surface area contributed by atoms with Crippen molar-refractivity contribution in [1.82, 2.24) is 15.1 Å². The summed E-state index contributed by atoms with van der Waals surface area (Å²) >= 11 is 3.45. The number of nitrogens with zero attached hydrogens (tertiary/aromatic N) is 2. The molecule has 2 aromatic rings. The number of carbonyl (C=O) groups is 4. The zero-order valence-electron chi connectivity index (χ0n) is 21.6. The molecule has 0 unspecified atom stereocenters. The number of aromatic hydroxyl groups is 1. The minimum absolute atomic E-state index is 0.0322. The summed E-state index contributed by atoms with van der Waals surface area (Å²) in [4.78, 5) is 56.6. The quantitative estimate of drug-likeness (QED) is 0.535. The SMILES string of the molecule is Cc1ccc(C(=O)N[C@@H](Cc2ccc(O)cc2)C(=O)N2CC[C@@H]3[C@H]2C(=O)CN3C(=O)C2=CCCC=C2)cc1Br. The third kappa shape index (κ3) is 5.54. The molecule has 2 aliphatic heterocycles. The molecule has 3 amide bonds. The van der Waals surface area contributed by atoms with Crippen LogP contribution in [0.3, 0.4) is 0 Å². The van der Waals surface area contributed by atoms with E-state index in [1.165, 1.54) is 17.0 Å². The Bertz CT molecular complexity index is 1380. The number of allylic oxidation sites excluding steroid dienone is 2. The van der Waals surface area contributed by atoms with E-state index in [2.05, 4.69) is 21.2 Å². The zero-order valence-corrected chi connectivity index (χ0v) is 23.2. The summed E-state index contributed by atoms with van der Waals surface area (Å²) in [6.07, 6.45) is 8.00. The highest BCUT2D eigenvalue weighted by atomic mass is 79.9. The summed E-state index contributed by atoms with van der Waals surface area (Å²) in [5.74, 6) is -1.03. The molecule has 1 aliphatic carbocycles. The average molecular weight is 592 g/mol. The van der Waals surface area contributed by atoms with E-state index in [0.717, 1.165) is 28.4 Å². The Balaban J connectivity index is 1.38. The molecule has 2 aromatic carbocycles. The van der Waals surface area contributed by atoms with Crippen LogP contribution >= 0.6 is 15.9 Å². The molecule has 0 aromatic heterocycles. The topological polar surface area (TPSA) is 107 Å². The summed E-state index contributed by atoms with van der Waals surface area (Å²) < 4.78 is 0.781. The highest BCUT2D eigenvalue weighted by Crippen LogP contribution is 2.32. The van der Waals surface area contributed by atoms with Gasteiger partial charge in [-0.2, -0.15) is 0 Å². The molecule has 2 heterocycles. The van der Waals surface area contributed by atoms with Crippen LogP contribution in [-0.2, 0) is 20.8 Å². The first-order chi connectivity index (χ1) is 18.7. The van der Waals surface area contributed by atoms with Crippen molar-refractivity contribution >= 4 is 39.4 Å². The van der Waals surface area contributed by atoms with Crippen LogP contribution in [-0.4, -0.2) is 69.6 Å². The predicted molar refractivity (Wildman–Crippen MR) is 149 cm³/mol. The van der Waals surface area contributed by atoms with E-state index in [-0.39, 0.29) is 42.4 Å². The van der Waals surface area contributed by atoms with Gasteiger partial charge in [-0.3, -0.25) is 19.2 Å². The van der Waals surface area contributed by atoms with E-state index in [9.17, 15) is 24.3 Å². The first-order valence-electron chi connectivity index (χ1n) is 13.1. The molecule has 5 rings (SSSR count). The number of hydrogen-bond donors (Lipinski definition) is 2.